The topological polar surface area (TPSA) is 37.3 Å². The van der Waals surface area contributed by atoms with Crippen LogP contribution in [0.15, 0.2) is 0 Å². The van der Waals surface area contributed by atoms with E-state index in [0.717, 1.165) is 0 Å². The summed E-state index contributed by atoms with van der Waals surface area (Å²) in [5.41, 5.74) is 0. The third kappa shape index (κ3) is 16.9. The molecule has 0 rings (SSSR count). The Morgan fingerprint density at radius 2 is 1.12 bits per heavy atom. The van der Waals surface area contributed by atoms with Gasteiger partial charge < -0.3 is 4.89 Å². The van der Waals surface area contributed by atoms with Crippen molar-refractivity contribution >= 4 is 16.6 Å². The standard InChI is InChI=1S/C12H27P.HO2P/c1-4-7-10-13(11-8-5-2)12-9-6-3;1-3-2/h4-12H2,1-3H3;(H,1,2). The van der Waals surface area contributed by atoms with Crippen LogP contribution in [0.5, 0.6) is 0 Å². The van der Waals surface area contributed by atoms with E-state index in [1.807, 2.05) is 0 Å². The number of hydrogen-bond donors (Lipinski definition) is 1. The van der Waals surface area contributed by atoms with Gasteiger partial charge in [0.25, 0.3) is 0 Å². The first-order chi connectivity index (χ1) is 7.76. The molecule has 0 saturated heterocycles. The van der Waals surface area contributed by atoms with Crippen molar-refractivity contribution in [3.05, 3.63) is 0 Å². The molecule has 0 saturated carbocycles. The van der Waals surface area contributed by atoms with Gasteiger partial charge in [-0.05, 0) is 37.7 Å². The van der Waals surface area contributed by atoms with Crippen LogP contribution in [0.2, 0.25) is 0 Å². The third-order valence-corrected chi connectivity index (χ3v) is 5.33. The first kappa shape index (κ1) is 18.8. The second-order valence-corrected chi connectivity index (χ2v) is 6.83. The fraction of sp³-hybridized carbons (Fsp3) is 1.00. The molecular weight excluding hydrogens is 238 g/mol. The first-order valence-electron chi connectivity index (χ1n) is 6.45. The lowest BCUT2D eigenvalue weighted by atomic mass is 10.4. The number of rotatable bonds is 9. The molecule has 0 aliphatic carbocycles. The Morgan fingerprint density at radius 3 is 1.31 bits per heavy atom. The van der Waals surface area contributed by atoms with Gasteiger partial charge in [0.1, 0.15) is 0 Å². The summed E-state index contributed by atoms with van der Waals surface area (Å²) < 4.78 is 8.46. The summed E-state index contributed by atoms with van der Waals surface area (Å²) in [5, 5.41) is 0. The highest BCUT2D eigenvalue weighted by molar-refractivity contribution is 7.57. The lowest BCUT2D eigenvalue weighted by Gasteiger charge is -2.16. The lowest BCUT2D eigenvalue weighted by Crippen LogP contribution is -1.95. The monoisotopic (exact) mass is 266 g/mol. The zero-order valence-corrected chi connectivity index (χ0v) is 12.9. The van der Waals surface area contributed by atoms with Crippen LogP contribution in [0.25, 0.3) is 0 Å². The molecule has 4 heteroatoms. The predicted molar refractivity (Wildman–Crippen MR) is 76.1 cm³/mol. The third-order valence-electron chi connectivity index (χ3n) is 2.48. The second kappa shape index (κ2) is 17.9. The van der Waals surface area contributed by atoms with E-state index >= 15 is 0 Å². The highest BCUT2D eigenvalue weighted by Crippen LogP contribution is 2.38. The summed E-state index contributed by atoms with van der Waals surface area (Å²) in [4.78, 5) is 6.99. The number of hydrogen-bond acceptors (Lipinski definition) is 1. The Balaban J connectivity index is 0. The Bertz CT molecular complexity index is 113. The maximum atomic E-state index is 8.46. The van der Waals surface area contributed by atoms with Crippen LogP contribution < -0.4 is 0 Å². The minimum Gasteiger partial charge on any atom is -0.310 e. The summed E-state index contributed by atoms with van der Waals surface area (Å²) >= 11 is 0. The van der Waals surface area contributed by atoms with E-state index in [2.05, 4.69) is 20.8 Å². The minimum atomic E-state index is -0.833. The van der Waals surface area contributed by atoms with Gasteiger partial charge >= 0.3 is 8.69 Å². The van der Waals surface area contributed by atoms with Crippen molar-refractivity contribution in [2.45, 2.75) is 59.3 Å². The Morgan fingerprint density at radius 1 is 0.875 bits per heavy atom. The van der Waals surface area contributed by atoms with Gasteiger partial charge in [0.15, 0.2) is 0 Å². The second-order valence-electron chi connectivity index (χ2n) is 3.98. The molecule has 0 unspecified atom stereocenters. The van der Waals surface area contributed by atoms with Crippen LogP contribution in [-0.4, -0.2) is 23.4 Å². The molecule has 0 aromatic rings. The molecule has 0 aromatic heterocycles. The van der Waals surface area contributed by atoms with Gasteiger partial charge in [0.2, 0.25) is 0 Å². The molecular formula is C12H28O2P2. The van der Waals surface area contributed by atoms with Crippen LogP contribution in [0.4, 0.5) is 0 Å². The van der Waals surface area contributed by atoms with E-state index in [1.165, 1.54) is 38.5 Å². The van der Waals surface area contributed by atoms with Gasteiger partial charge in [0, 0.05) is 0 Å². The van der Waals surface area contributed by atoms with Gasteiger partial charge in [-0.15, -0.1) is 7.92 Å². The number of unbranched alkanes of at least 4 members (excludes halogenated alkanes) is 3. The molecule has 1 N–H and O–H groups in total. The van der Waals surface area contributed by atoms with E-state index in [4.69, 9.17) is 9.46 Å². The summed E-state index contributed by atoms with van der Waals surface area (Å²) in [5.74, 6) is 0. The van der Waals surface area contributed by atoms with E-state index in [-0.39, 0.29) is 0 Å². The Labute approximate surface area is 104 Å². The largest absolute Gasteiger partial charge is 0.324 e. The minimum absolute atomic E-state index is 0.422. The molecule has 0 radical (unpaired) electrons. The van der Waals surface area contributed by atoms with Gasteiger partial charge in [0.05, 0.1) is 0 Å². The fourth-order valence-electron chi connectivity index (χ4n) is 1.48. The fourth-order valence-corrected chi connectivity index (χ4v) is 4.44. The average Bonchev–Trinajstić information content (AvgIpc) is 2.29. The molecule has 0 bridgehead atoms. The predicted octanol–water partition coefficient (Wildman–Crippen LogP) is 5.05. The highest BCUT2D eigenvalue weighted by atomic mass is 31.1. The van der Waals surface area contributed by atoms with Gasteiger partial charge in [-0.1, -0.05) is 40.0 Å². The van der Waals surface area contributed by atoms with E-state index < -0.39 is 8.69 Å². The zero-order chi connectivity index (χ0) is 12.6. The lowest BCUT2D eigenvalue weighted by molar-refractivity contribution is 0.524. The van der Waals surface area contributed by atoms with E-state index in [0.29, 0.717) is 7.92 Å². The molecule has 2 nitrogen and oxygen atoms in total. The van der Waals surface area contributed by atoms with Crippen molar-refractivity contribution < 1.29 is 9.46 Å². The maximum absolute atomic E-state index is 8.46. The Hall–Kier alpha value is 0.490. The summed E-state index contributed by atoms with van der Waals surface area (Å²) in [6.07, 6.45) is 13.2. The Kier molecular flexibility index (Phi) is 21.0. The van der Waals surface area contributed by atoms with Crippen LogP contribution in [0, 0.1) is 0 Å². The van der Waals surface area contributed by atoms with Crippen molar-refractivity contribution in [1.82, 2.24) is 0 Å². The quantitative estimate of drug-likeness (QED) is 0.593. The van der Waals surface area contributed by atoms with E-state index in [1.54, 1.807) is 18.5 Å². The van der Waals surface area contributed by atoms with Crippen molar-refractivity contribution in [3.63, 3.8) is 0 Å². The van der Waals surface area contributed by atoms with Gasteiger partial charge in [-0.3, -0.25) is 0 Å². The van der Waals surface area contributed by atoms with Gasteiger partial charge in [-0.2, -0.15) is 0 Å². The van der Waals surface area contributed by atoms with Crippen molar-refractivity contribution in [3.8, 4) is 0 Å². The molecule has 0 spiro atoms. The normalized spacial score (nSPS) is 10.3. The SMILES string of the molecule is CCCCP(CCCC)CCCC.O=PO. The highest BCUT2D eigenvalue weighted by Gasteiger charge is 2.05. The molecule has 0 aliphatic heterocycles. The van der Waals surface area contributed by atoms with E-state index in [9.17, 15) is 0 Å². The van der Waals surface area contributed by atoms with Crippen LogP contribution in [0.1, 0.15) is 59.3 Å². The van der Waals surface area contributed by atoms with Crippen molar-refractivity contribution in [2.75, 3.05) is 18.5 Å². The molecule has 0 amide bonds. The molecule has 16 heavy (non-hydrogen) atoms. The van der Waals surface area contributed by atoms with Crippen molar-refractivity contribution in [2.24, 2.45) is 0 Å². The smallest absolute Gasteiger partial charge is 0.310 e. The molecule has 0 aliphatic rings. The molecule has 0 fully saturated rings. The maximum Gasteiger partial charge on any atom is 0.324 e. The van der Waals surface area contributed by atoms with Crippen LogP contribution in [-0.2, 0) is 4.57 Å². The molecule has 0 atom stereocenters. The molecule has 0 aromatic carbocycles. The van der Waals surface area contributed by atoms with Crippen molar-refractivity contribution in [1.29, 1.82) is 0 Å². The van der Waals surface area contributed by atoms with Crippen LogP contribution in [0.3, 0.4) is 0 Å². The molecule has 98 valence electrons. The summed E-state index contributed by atoms with van der Waals surface area (Å²) in [6.45, 7) is 6.94. The van der Waals surface area contributed by atoms with Crippen LogP contribution >= 0.6 is 16.6 Å². The first-order valence-corrected chi connectivity index (χ1v) is 9.12. The zero-order valence-electron chi connectivity index (χ0n) is 11.1. The summed E-state index contributed by atoms with van der Waals surface area (Å²) in [7, 11) is -0.412. The average molecular weight is 266 g/mol. The summed E-state index contributed by atoms with van der Waals surface area (Å²) in [6, 6.07) is 0. The van der Waals surface area contributed by atoms with Gasteiger partial charge in [-0.25, -0.2) is 4.57 Å². The molecule has 0 heterocycles.